The molecule has 84 valence electrons. The summed E-state index contributed by atoms with van der Waals surface area (Å²) < 4.78 is 4.63. The first-order chi connectivity index (χ1) is 7.63. The van der Waals surface area contributed by atoms with E-state index in [1.807, 2.05) is 0 Å². The van der Waals surface area contributed by atoms with Crippen molar-refractivity contribution in [3.8, 4) is 0 Å². The second kappa shape index (κ2) is 3.92. The van der Waals surface area contributed by atoms with Crippen LogP contribution in [0.25, 0.3) is 0 Å². The molecule has 0 radical (unpaired) electrons. The molecule has 0 aliphatic heterocycles. The van der Waals surface area contributed by atoms with Crippen molar-refractivity contribution >= 4 is 11.9 Å². The zero-order valence-electron chi connectivity index (χ0n) is 8.77. The largest absolute Gasteiger partial charge is 0.477 e. The van der Waals surface area contributed by atoms with Crippen LogP contribution in [0.3, 0.4) is 0 Å². The van der Waals surface area contributed by atoms with Crippen molar-refractivity contribution in [2.45, 2.75) is 18.8 Å². The van der Waals surface area contributed by atoms with Gasteiger partial charge in [-0.25, -0.2) is 14.6 Å². The van der Waals surface area contributed by atoms with Gasteiger partial charge in [0, 0.05) is 6.20 Å². The molecule has 1 aromatic rings. The van der Waals surface area contributed by atoms with Gasteiger partial charge in [0.2, 0.25) is 0 Å². The van der Waals surface area contributed by atoms with Crippen LogP contribution < -0.4 is 0 Å². The number of nitrogens with zero attached hydrogens (tertiary/aromatic N) is 1. The summed E-state index contributed by atoms with van der Waals surface area (Å²) in [6.45, 7) is 0. The molecule has 2 rings (SSSR count). The Morgan fingerprint density at radius 1 is 1.50 bits per heavy atom. The van der Waals surface area contributed by atoms with Gasteiger partial charge in [0.15, 0.2) is 0 Å². The third-order valence-corrected chi connectivity index (χ3v) is 2.58. The molecule has 0 bridgehead atoms. The maximum Gasteiger partial charge on any atom is 0.354 e. The Hall–Kier alpha value is -1.91. The van der Waals surface area contributed by atoms with Crippen LogP contribution in [0, 0.1) is 0 Å². The van der Waals surface area contributed by atoms with Crippen LogP contribution in [0.4, 0.5) is 0 Å². The SMILES string of the molecule is COC(=O)c1cnc(C(=O)O)cc1C1CC1. The molecule has 0 spiro atoms. The Morgan fingerprint density at radius 2 is 2.19 bits per heavy atom. The lowest BCUT2D eigenvalue weighted by Crippen LogP contribution is -2.09. The number of methoxy groups -OCH3 is 1. The fraction of sp³-hybridized carbons (Fsp3) is 0.364. The van der Waals surface area contributed by atoms with Crippen LogP contribution in [0.5, 0.6) is 0 Å². The minimum Gasteiger partial charge on any atom is -0.477 e. The molecule has 0 aromatic carbocycles. The monoisotopic (exact) mass is 221 g/mol. The molecular weight excluding hydrogens is 210 g/mol. The minimum absolute atomic E-state index is 0.0328. The molecule has 1 fully saturated rings. The van der Waals surface area contributed by atoms with E-state index in [1.165, 1.54) is 19.4 Å². The lowest BCUT2D eigenvalue weighted by atomic mass is 10.0. The van der Waals surface area contributed by atoms with Crippen LogP contribution in [-0.2, 0) is 4.74 Å². The highest BCUT2D eigenvalue weighted by atomic mass is 16.5. The molecule has 0 unspecified atom stereocenters. The number of carboxylic acids is 1. The van der Waals surface area contributed by atoms with E-state index in [-0.39, 0.29) is 11.6 Å². The molecule has 5 nitrogen and oxygen atoms in total. The predicted molar refractivity (Wildman–Crippen MR) is 54.5 cm³/mol. The average Bonchev–Trinajstić information content (AvgIpc) is 3.11. The number of rotatable bonds is 3. The highest BCUT2D eigenvalue weighted by molar-refractivity contribution is 5.93. The molecule has 1 aliphatic rings. The topological polar surface area (TPSA) is 76.5 Å². The van der Waals surface area contributed by atoms with Gasteiger partial charge in [-0.3, -0.25) is 0 Å². The molecule has 1 heterocycles. The minimum atomic E-state index is -1.08. The van der Waals surface area contributed by atoms with Gasteiger partial charge >= 0.3 is 11.9 Å². The Bertz CT molecular complexity index is 451. The van der Waals surface area contributed by atoms with E-state index in [0.29, 0.717) is 5.56 Å². The van der Waals surface area contributed by atoms with Gasteiger partial charge in [0.25, 0.3) is 0 Å². The van der Waals surface area contributed by atoms with E-state index in [9.17, 15) is 9.59 Å². The number of aromatic nitrogens is 1. The van der Waals surface area contributed by atoms with E-state index in [4.69, 9.17) is 5.11 Å². The summed E-state index contributed by atoms with van der Waals surface area (Å²) in [5.74, 6) is -1.28. The Kier molecular flexibility index (Phi) is 2.60. The molecule has 0 atom stereocenters. The summed E-state index contributed by atoms with van der Waals surface area (Å²) in [6.07, 6.45) is 3.24. The van der Waals surface area contributed by atoms with Gasteiger partial charge in [-0.1, -0.05) is 0 Å². The number of carboxylic acid groups (broad SMARTS) is 1. The van der Waals surface area contributed by atoms with Crippen molar-refractivity contribution in [1.82, 2.24) is 4.98 Å². The predicted octanol–water partition coefficient (Wildman–Crippen LogP) is 1.44. The van der Waals surface area contributed by atoms with Crippen LogP contribution in [-0.4, -0.2) is 29.1 Å². The molecule has 16 heavy (non-hydrogen) atoms. The fourth-order valence-corrected chi connectivity index (χ4v) is 1.60. The highest BCUT2D eigenvalue weighted by Gasteiger charge is 2.29. The van der Waals surface area contributed by atoms with Gasteiger partial charge < -0.3 is 9.84 Å². The van der Waals surface area contributed by atoms with Crippen LogP contribution in [0.2, 0.25) is 0 Å². The maximum absolute atomic E-state index is 11.4. The molecule has 5 heteroatoms. The molecule has 0 saturated heterocycles. The first kappa shape index (κ1) is 10.6. The molecule has 1 N–H and O–H groups in total. The number of aromatic carboxylic acids is 1. The summed E-state index contributed by atoms with van der Waals surface area (Å²) in [5.41, 5.74) is 1.07. The van der Waals surface area contributed by atoms with Crippen molar-refractivity contribution in [3.05, 3.63) is 29.1 Å². The molecule has 0 amide bonds. The lowest BCUT2D eigenvalue weighted by molar-refractivity contribution is 0.0596. The second-order valence-corrected chi connectivity index (χ2v) is 3.73. The summed E-state index contributed by atoms with van der Waals surface area (Å²) in [4.78, 5) is 25.9. The number of carbonyl (C=O) groups excluding carboxylic acids is 1. The smallest absolute Gasteiger partial charge is 0.354 e. The summed E-state index contributed by atoms with van der Waals surface area (Å²) in [5, 5.41) is 8.82. The van der Waals surface area contributed by atoms with Crippen LogP contribution >= 0.6 is 0 Å². The van der Waals surface area contributed by atoms with E-state index in [1.54, 1.807) is 0 Å². The number of hydrogen-bond donors (Lipinski definition) is 1. The van der Waals surface area contributed by atoms with Gasteiger partial charge in [0.1, 0.15) is 5.69 Å². The highest BCUT2D eigenvalue weighted by Crippen LogP contribution is 2.41. The number of ether oxygens (including phenoxy) is 1. The number of carbonyl (C=O) groups is 2. The van der Waals surface area contributed by atoms with Crippen molar-refractivity contribution in [2.75, 3.05) is 7.11 Å². The van der Waals surface area contributed by atoms with Crippen LogP contribution in [0.1, 0.15) is 45.2 Å². The van der Waals surface area contributed by atoms with E-state index in [2.05, 4.69) is 9.72 Å². The Morgan fingerprint density at radius 3 is 2.69 bits per heavy atom. The van der Waals surface area contributed by atoms with E-state index < -0.39 is 11.9 Å². The van der Waals surface area contributed by atoms with Gasteiger partial charge in [-0.2, -0.15) is 0 Å². The van der Waals surface area contributed by atoms with E-state index in [0.717, 1.165) is 18.4 Å². The zero-order chi connectivity index (χ0) is 11.7. The maximum atomic E-state index is 11.4. The van der Waals surface area contributed by atoms with Crippen LogP contribution in [0.15, 0.2) is 12.3 Å². The normalized spacial score (nSPS) is 14.6. The van der Waals surface area contributed by atoms with Crippen molar-refractivity contribution in [3.63, 3.8) is 0 Å². The number of esters is 1. The molecular formula is C11H11NO4. The summed E-state index contributed by atoms with van der Waals surface area (Å²) in [6, 6.07) is 1.46. The van der Waals surface area contributed by atoms with Crippen molar-refractivity contribution in [1.29, 1.82) is 0 Å². The standard InChI is InChI=1S/C11H11NO4/c1-16-11(15)8-5-12-9(10(13)14)4-7(8)6-2-3-6/h4-6H,2-3H2,1H3,(H,13,14). The first-order valence-electron chi connectivity index (χ1n) is 4.95. The average molecular weight is 221 g/mol. The fourth-order valence-electron chi connectivity index (χ4n) is 1.60. The number of hydrogen-bond acceptors (Lipinski definition) is 4. The first-order valence-corrected chi connectivity index (χ1v) is 4.95. The second-order valence-electron chi connectivity index (χ2n) is 3.73. The quantitative estimate of drug-likeness (QED) is 0.781. The lowest BCUT2D eigenvalue weighted by Gasteiger charge is -2.06. The Balaban J connectivity index is 2.45. The molecule has 1 aromatic heterocycles. The third kappa shape index (κ3) is 1.88. The van der Waals surface area contributed by atoms with Crippen molar-refractivity contribution in [2.24, 2.45) is 0 Å². The summed E-state index contributed by atoms with van der Waals surface area (Å²) in [7, 11) is 1.30. The molecule has 1 saturated carbocycles. The van der Waals surface area contributed by atoms with Gasteiger partial charge in [-0.15, -0.1) is 0 Å². The van der Waals surface area contributed by atoms with E-state index >= 15 is 0 Å². The molecule has 1 aliphatic carbocycles. The zero-order valence-corrected chi connectivity index (χ0v) is 8.77. The Labute approximate surface area is 92.1 Å². The summed E-state index contributed by atoms with van der Waals surface area (Å²) >= 11 is 0. The van der Waals surface area contributed by atoms with Gasteiger partial charge in [-0.05, 0) is 30.4 Å². The number of pyridine rings is 1. The van der Waals surface area contributed by atoms with Crippen molar-refractivity contribution < 1.29 is 19.4 Å². The third-order valence-electron chi connectivity index (χ3n) is 2.58. The van der Waals surface area contributed by atoms with Gasteiger partial charge in [0.05, 0.1) is 12.7 Å².